The highest BCUT2D eigenvalue weighted by molar-refractivity contribution is 7.94. The largest absolute Gasteiger partial charge is 0.352 e. The Hall–Kier alpha value is -0.860. The van der Waals surface area contributed by atoms with Crippen LogP contribution in [0.4, 0.5) is 0 Å². The second kappa shape index (κ2) is 7.55. The summed E-state index contributed by atoms with van der Waals surface area (Å²) in [6.07, 6.45) is 2.63. The van der Waals surface area contributed by atoms with E-state index in [0.29, 0.717) is 6.54 Å². The second-order valence-corrected chi connectivity index (χ2v) is 7.85. The van der Waals surface area contributed by atoms with Crippen LogP contribution in [0.2, 0.25) is 0 Å². The van der Waals surface area contributed by atoms with Crippen molar-refractivity contribution in [1.82, 2.24) is 4.90 Å². The smallest absolute Gasteiger partial charge is 0.172 e. The van der Waals surface area contributed by atoms with Gasteiger partial charge in [0.25, 0.3) is 0 Å². The first-order valence-corrected chi connectivity index (χ1v) is 8.97. The number of nitrogens with two attached hydrogens (primary N) is 1. The zero-order valence-electron chi connectivity index (χ0n) is 10.6. The van der Waals surface area contributed by atoms with Gasteiger partial charge in [0.2, 0.25) is 0 Å². The van der Waals surface area contributed by atoms with Crippen molar-refractivity contribution in [2.75, 3.05) is 24.6 Å². The maximum atomic E-state index is 11.3. The molecular formula is C10H20N2O4S2. The van der Waals surface area contributed by atoms with Crippen molar-refractivity contribution in [3.63, 3.8) is 0 Å². The van der Waals surface area contributed by atoms with Crippen molar-refractivity contribution in [3.05, 3.63) is 23.2 Å². The molecule has 2 N–H and O–H groups in total. The van der Waals surface area contributed by atoms with E-state index in [1.54, 1.807) is 0 Å². The predicted molar refractivity (Wildman–Crippen MR) is 73.0 cm³/mol. The third-order valence-electron chi connectivity index (χ3n) is 2.11. The SMILES string of the molecule is CCS(=O)(=O)C=CN(C=CS(=O)(=O)CC)CCN. The molecule has 18 heavy (non-hydrogen) atoms. The second-order valence-electron chi connectivity index (χ2n) is 3.50. The summed E-state index contributed by atoms with van der Waals surface area (Å²) in [6.45, 7) is 3.69. The van der Waals surface area contributed by atoms with Gasteiger partial charge in [-0.25, -0.2) is 16.8 Å². The molecule has 0 aliphatic rings. The van der Waals surface area contributed by atoms with E-state index in [9.17, 15) is 16.8 Å². The normalized spacial score (nSPS) is 13.5. The van der Waals surface area contributed by atoms with Gasteiger partial charge in [0.05, 0.1) is 11.5 Å². The van der Waals surface area contributed by atoms with Crippen molar-refractivity contribution < 1.29 is 16.8 Å². The fourth-order valence-corrected chi connectivity index (χ4v) is 1.95. The van der Waals surface area contributed by atoms with E-state index in [1.807, 2.05) is 0 Å². The quantitative estimate of drug-likeness (QED) is 0.680. The number of rotatable bonds is 8. The molecule has 0 spiro atoms. The molecule has 0 fully saturated rings. The molecule has 0 aromatic rings. The van der Waals surface area contributed by atoms with Gasteiger partial charge in [-0.2, -0.15) is 0 Å². The van der Waals surface area contributed by atoms with E-state index in [0.717, 1.165) is 10.8 Å². The summed E-state index contributed by atoms with van der Waals surface area (Å²) >= 11 is 0. The first-order valence-electron chi connectivity index (χ1n) is 5.54. The Bertz CT molecular complexity index is 448. The predicted octanol–water partition coefficient (Wildman–Crippen LogP) is 0.0589. The van der Waals surface area contributed by atoms with E-state index in [1.165, 1.54) is 31.1 Å². The Balaban J connectivity index is 4.90. The van der Waals surface area contributed by atoms with Gasteiger partial charge < -0.3 is 10.6 Å². The summed E-state index contributed by atoms with van der Waals surface area (Å²) in [5.74, 6) is -0.00608. The molecule has 0 heterocycles. The van der Waals surface area contributed by atoms with Crippen LogP contribution in [0, 0.1) is 0 Å². The van der Waals surface area contributed by atoms with Crippen molar-refractivity contribution in [1.29, 1.82) is 0 Å². The van der Waals surface area contributed by atoms with Crippen LogP contribution in [-0.4, -0.2) is 46.3 Å². The fraction of sp³-hybridized carbons (Fsp3) is 0.600. The van der Waals surface area contributed by atoms with Gasteiger partial charge in [0.1, 0.15) is 0 Å². The number of sulfone groups is 2. The number of hydrogen-bond acceptors (Lipinski definition) is 6. The average Bonchev–Trinajstić information content (AvgIpc) is 2.33. The maximum Gasteiger partial charge on any atom is 0.172 e. The van der Waals surface area contributed by atoms with Crippen LogP contribution in [0.3, 0.4) is 0 Å². The molecule has 0 amide bonds. The van der Waals surface area contributed by atoms with E-state index in [2.05, 4.69) is 0 Å². The Morgan fingerprint density at radius 3 is 1.61 bits per heavy atom. The van der Waals surface area contributed by atoms with E-state index < -0.39 is 19.7 Å². The van der Waals surface area contributed by atoms with Crippen LogP contribution in [-0.2, 0) is 19.7 Å². The molecule has 0 atom stereocenters. The van der Waals surface area contributed by atoms with Crippen molar-refractivity contribution in [2.45, 2.75) is 13.8 Å². The lowest BCUT2D eigenvalue weighted by Crippen LogP contribution is -2.20. The molecule has 0 unspecified atom stereocenters. The molecular weight excluding hydrogens is 276 g/mol. The number of nitrogens with zero attached hydrogens (tertiary/aromatic N) is 1. The highest BCUT2D eigenvalue weighted by Gasteiger charge is 2.04. The van der Waals surface area contributed by atoms with Gasteiger partial charge in [0, 0.05) is 36.3 Å². The van der Waals surface area contributed by atoms with Crippen LogP contribution in [0.25, 0.3) is 0 Å². The van der Waals surface area contributed by atoms with E-state index >= 15 is 0 Å². The van der Waals surface area contributed by atoms with Crippen LogP contribution < -0.4 is 5.73 Å². The summed E-state index contributed by atoms with van der Waals surface area (Å²) in [4.78, 5) is 1.43. The van der Waals surface area contributed by atoms with Crippen LogP contribution in [0.5, 0.6) is 0 Å². The minimum Gasteiger partial charge on any atom is -0.352 e. The van der Waals surface area contributed by atoms with Crippen LogP contribution >= 0.6 is 0 Å². The molecule has 106 valence electrons. The Labute approximate surface area is 109 Å². The van der Waals surface area contributed by atoms with Gasteiger partial charge in [-0.15, -0.1) is 0 Å². The summed E-state index contributed by atoms with van der Waals surface area (Å²) in [5.41, 5.74) is 5.36. The van der Waals surface area contributed by atoms with Crippen molar-refractivity contribution >= 4 is 19.7 Å². The standard InChI is InChI=1S/C10H20N2O4S2/c1-3-17(13,14)9-7-12(6-5-11)8-10-18(15,16)4-2/h7-10H,3-6,11H2,1-2H3. The van der Waals surface area contributed by atoms with Gasteiger partial charge in [0.15, 0.2) is 19.7 Å². The minimum atomic E-state index is -3.24. The lowest BCUT2D eigenvalue weighted by molar-refractivity contribution is 0.516. The zero-order chi connectivity index (χ0) is 14.2. The first-order chi connectivity index (χ1) is 8.26. The summed E-state index contributed by atoms with van der Waals surface area (Å²) in [6, 6.07) is 0. The average molecular weight is 296 g/mol. The van der Waals surface area contributed by atoms with E-state index in [-0.39, 0.29) is 18.1 Å². The summed E-state index contributed by atoms with van der Waals surface area (Å²) in [5, 5.41) is 2.09. The molecule has 6 nitrogen and oxygen atoms in total. The van der Waals surface area contributed by atoms with Crippen molar-refractivity contribution in [2.24, 2.45) is 5.73 Å². The minimum absolute atomic E-state index is 0.00304. The van der Waals surface area contributed by atoms with E-state index in [4.69, 9.17) is 5.73 Å². The molecule has 0 aliphatic heterocycles. The summed E-state index contributed by atoms with van der Waals surface area (Å²) < 4.78 is 45.1. The van der Waals surface area contributed by atoms with Crippen LogP contribution in [0.15, 0.2) is 23.2 Å². The van der Waals surface area contributed by atoms with Gasteiger partial charge >= 0.3 is 0 Å². The van der Waals surface area contributed by atoms with Gasteiger partial charge in [-0.3, -0.25) is 0 Å². The molecule has 0 saturated heterocycles. The molecule has 0 aromatic heterocycles. The lowest BCUT2D eigenvalue weighted by atomic mass is 10.6. The van der Waals surface area contributed by atoms with Gasteiger partial charge in [-0.05, 0) is 0 Å². The Morgan fingerprint density at radius 2 is 1.33 bits per heavy atom. The Kier molecular flexibility index (Phi) is 7.19. The highest BCUT2D eigenvalue weighted by atomic mass is 32.2. The molecule has 8 heteroatoms. The molecule has 0 saturated carbocycles. The fourth-order valence-electron chi connectivity index (χ4n) is 0.882. The van der Waals surface area contributed by atoms with Crippen LogP contribution in [0.1, 0.15) is 13.8 Å². The molecule has 0 bridgehead atoms. The monoisotopic (exact) mass is 296 g/mol. The van der Waals surface area contributed by atoms with Crippen molar-refractivity contribution in [3.8, 4) is 0 Å². The first kappa shape index (κ1) is 17.1. The van der Waals surface area contributed by atoms with Gasteiger partial charge in [-0.1, -0.05) is 13.8 Å². The topological polar surface area (TPSA) is 97.5 Å². The molecule has 0 aliphatic carbocycles. The third kappa shape index (κ3) is 7.46. The molecule has 0 radical (unpaired) electrons. The molecule has 0 rings (SSSR count). The lowest BCUT2D eigenvalue weighted by Gasteiger charge is -2.13. The molecule has 0 aromatic carbocycles. The summed E-state index contributed by atoms with van der Waals surface area (Å²) in [7, 11) is -6.48. The zero-order valence-corrected chi connectivity index (χ0v) is 12.2. The third-order valence-corrected chi connectivity index (χ3v) is 4.79. The highest BCUT2D eigenvalue weighted by Crippen LogP contribution is 1.99. The number of hydrogen-bond donors (Lipinski definition) is 1. The Morgan fingerprint density at radius 1 is 0.944 bits per heavy atom. The maximum absolute atomic E-state index is 11.3.